The van der Waals surface area contributed by atoms with E-state index in [0.717, 1.165) is 0 Å². The van der Waals surface area contributed by atoms with Gasteiger partial charge in [-0.15, -0.1) is 11.6 Å². The highest BCUT2D eigenvalue weighted by atomic mass is 35.5. The molecule has 0 aromatic heterocycles. The van der Waals surface area contributed by atoms with Crippen molar-refractivity contribution >= 4 is 23.2 Å². The molecule has 0 aliphatic heterocycles. The van der Waals surface area contributed by atoms with Gasteiger partial charge in [0.25, 0.3) is 6.43 Å². The zero-order valence-electron chi connectivity index (χ0n) is 10.1. The van der Waals surface area contributed by atoms with Crippen molar-refractivity contribution < 1.29 is 18.3 Å². The number of hydrogen-bond donors (Lipinski definition) is 0. The number of ether oxygens (including phenoxy) is 2. The van der Waals surface area contributed by atoms with E-state index >= 15 is 0 Å². The highest BCUT2D eigenvalue weighted by Gasteiger charge is 2.24. The summed E-state index contributed by atoms with van der Waals surface area (Å²) in [7, 11) is 0. The lowest BCUT2D eigenvalue weighted by Crippen LogP contribution is -2.05. The van der Waals surface area contributed by atoms with E-state index in [4.69, 9.17) is 32.7 Å². The van der Waals surface area contributed by atoms with Crippen LogP contribution in [0.4, 0.5) is 8.78 Å². The third-order valence-electron chi connectivity index (χ3n) is 2.18. The maximum atomic E-state index is 12.6. The average Bonchev–Trinajstić information content (AvgIpc) is 2.32. The molecular weight excluding hydrogens is 285 g/mol. The number of alkyl halides is 3. The van der Waals surface area contributed by atoms with Crippen LogP contribution >= 0.6 is 23.2 Å². The summed E-state index contributed by atoms with van der Waals surface area (Å²) in [5.41, 5.74) is 0.139. The van der Waals surface area contributed by atoms with Crippen molar-refractivity contribution in [3.8, 4) is 11.5 Å². The molecule has 0 aliphatic carbocycles. The van der Waals surface area contributed by atoms with E-state index in [1.54, 1.807) is 13.8 Å². The van der Waals surface area contributed by atoms with Crippen LogP contribution < -0.4 is 9.47 Å². The summed E-state index contributed by atoms with van der Waals surface area (Å²) >= 11 is 11.5. The van der Waals surface area contributed by atoms with Gasteiger partial charge in [-0.25, -0.2) is 8.78 Å². The molecule has 0 heterocycles. The van der Waals surface area contributed by atoms with Gasteiger partial charge in [0.15, 0.2) is 11.5 Å². The summed E-state index contributed by atoms with van der Waals surface area (Å²) in [5.74, 6) is 0.788. The quantitative estimate of drug-likeness (QED) is 0.710. The first-order valence-corrected chi connectivity index (χ1v) is 6.33. The molecule has 0 fully saturated rings. The predicted molar refractivity (Wildman–Crippen MR) is 68.4 cm³/mol. The van der Waals surface area contributed by atoms with Crippen molar-refractivity contribution in [1.82, 2.24) is 0 Å². The van der Waals surface area contributed by atoms with Crippen molar-refractivity contribution in [3.05, 3.63) is 22.7 Å². The Morgan fingerprint density at radius 3 is 2.06 bits per heavy atom. The molecule has 0 spiro atoms. The van der Waals surface area contributed by atoms with E-state index in [1.165, 1.54) is 12.1 Å². The second-order valence-electron chi connectivity index (χ2n) is 3.42. The van der Waals surface area contributed by atoms with Gasteiger partial charge >= 0.3 is 0 Å². The fourth-order valence-corrected chi connectivity index (χ4v) is 1.94. The van der Waals surface area contributed by atoms with Gasteiger partial charge < -0.3 is 9.47 Å². The molecule has 1 atom stereocenters. The van der Waals surface area contributed by atoms with Crippen molar-refractivity contribution in [2.45, 2.75) is 25.7 Å². The zero-order chi connectivity index (χ0) is 13.7. The normalized spacial score (nSPS) is 12.6. The highest BCUT2D eigenvalue weighted by Crippen LogP contribution is 2.40. The van der Waals surface area contributed by atoms with Crippen LogP contribution in [0.15, 0.2) is 12.1 Å². The fraction of sp³-hybridized carbons (Fsp3) is 0.500. The Hall–Kier alpha value is -0.740. The summed E-state index contributed by atoms with van der Waals surface area (Å²) in [6, 6.07) is 2.85. The number of benzene rings is 1. The van der Waals surface area contributed by atoms with Gasteiger partial charge in [0.2, 0.25) is 0 Å². The molecule has 0 aliphatic rings. The van der Waals surface area contributed by atoms with Crippen molar-refractivity contribution in [2.24, 2.45) is 0 Å². The Bertz CT molecular complexity index is 400. The Morgan fingerprint density at radius 1 is 1.11 bits per heavy atom. The van der Waals surface area contributed by atoms with Crippen LogP contribution in [0.1, 0.15) is 24.8 Å². The van der Waals surface area contributed by atoms with Crippen LogP contribution in [-0.2, 0) is 0 Å². The molecule has 18 heavy (non-hydrogen) atoms. The van der Waals surface area contributed by atoms with E-state index in [1.807, 2.05) is 0 Å². The van der Waals surface area contributed by atoms with Crippen LogP contribution in [0, 0.1) is 0 Å². The Balaban J connectivity index is 3.17. The molecule has 2 nitrogen and oxygen atoms in total. The largest absolute Gasteiger partial charge is 0.490 e. The van der Waals surface area contributed by atoms with Crippen molar-refractivity contribution in [2.75, 3.05) is 13.2 Å². The molecule has 0 radical (unpaired) electrons. The van der Waals surface area contributed by atoms with Crippen LogP contribution in [0.25, 0.3) is 0 Å². The van der Waals surface area contributed by atoms with E-state index in [2.05, 4.69) is 0 Å². The fourth-order valence-electron chi connectivity index (χ4n) is 1.43. The standard InChI is InChI=1S/C12H14Cl2F2O2/c1-3-17-9-5-7(11(14)12(15)16)8(13)6-10(9)18-4-2/h5-6,11-12H,3-4H2,1-2H3. The molecule has 1 aromatic rings. The zero-order valence-corrected chi connectivity index (χ0v) is 11.6. The molecule has 0 amide bonds. The molecule has 1 unspecified atom stereocenters. The lowest BCUT2D eigenvalue weighted by atomic mass is 10.1. The van der Waals surface area contributed by atoms with E-state index in [9.17, 15) is 8.78 Å². The van der Waals surface area contributed by atoms with Crippen molar-refractivity contribution in [3.63, 3.8) is 0 Å². The monoisotopic (exact) mass is 298 g/mol. The Kier molecular flexibility index (Phi) is 5.96. The molecule has 6 heteroatoms. The minimum atomic E-state index is -2.70. The van der Waals surface area contributed by atoms with E-state index in [-0.39, 0.29) is 10.6 Å². The summed E-state index contributed by atoms with van der Waals surface area (Å²) < 4.78 is 35.8. The summed E-state index contributed by atoms with van der Waals surface area (Å²) in [6.07, 6.45) is -2.70. The molecule has 102 valence electrons. The van der Waals surface area contributed by atoms with Crippen LogP contribution in [0.5, 0.6) is 11.5 Å². The summed E-state index contributed by atoms with van der Waals surface area (Å²) in [4.78, 5) is 0. The van der Waals surface area contributed by atoms with Crippen LogP contribution in [0.3, 0.4) is 0 Å². The van der Waals surface area contributed by atoms with Gasteiger partial charge in [-0.3, -0.25) is 0 Å². The molecule has 0 bridgehead atoms. The van der Waals surface area contributed by atoms with Gasteiger partial charge in [-0.2, -0.15) is 0 Å². The predicted octanol–water partition coefficient (Wildman–Crippen LogP) is 4.68. The topological polar surface area (TPSA) is 18.5 Å². The van der Waals surface area contributed by atoms with Crippen LogP contribution in [-0.4, -0.2) is 19.6 Å². The lowest BCUT2D eigenvalue weighted by molar-refractivity contribution is 0.143. The van der Waals surface area contributed by atoms with E-state index in [0.29, 0.717) is 24.7 Å². The SMILES string of the molecule is CCOc1cc(Cl)c(C(Cl)C(F)F)cc1OCC. The van der Waals surface area contributed by atoms with Crippen molar-refractivity contribution in [1.29, 1.82) is 0 Å². The second kappa shape index (κ2) is 7.00. The maximum absolute atomic E-state index is 12.6. The van der Waals surface area contributed by atoms with Gasteiger partial charge in [-0.1, -0.05) is 11.6 Å². The lowest BCUT2D eigenvalue weighted by Gasteiger charge is -2.16. The first-order valence-electron chi connectivity index (χ1n) is 5.52. The Labute approximate surface area is 115 Å². The third kappa shape index (κ3) is 3.62. The Morgan fingerprint density at radius 2 is 1.61 bits per heavy atom. The number of hydrogen-bond acceptors (Lipinski definition) is 2. The first-order chi connectivity index (χ1) is 8.51. The van der Waals surface area contributed by atoms with Gasteiger partial charge in [-0.05, 0) is 25.5 Å². The molecule has 1 aromatic carbocycles. The van der Waals surface area contributed by atoms with Gasteiger partial charge in [0.1, 0.15) is 5.38 Å². The minimum Gasteiger partial charge on any atom is -0.490 e. The minimum absolute atomic E-state index is 0.139. The van der Waals surface area contributed by atoms with E-state index < -0.39 is 11.8 Å². The molecule has 0 saturated heterocycles. The maximum Gasteiger partial charge on any atom is 0.258 e. The second-order valence-corrected chi connectivity index (χ2v) is 4.30. The smallest absolute Gasteiger partial charge is 0.258 e. The van der Waals surface area contributed by atoms with Gasteiger partial charge in [0.05, 0.1) is 13.2 Å². The van der Waals surface area contributed by atoms with Gasteiger partial charge in [0, 0.05) is 11.1 Å². The third-order valence-corrected chi connectivity index (χ3v) is 2.93. The molecular formula is C12H14Cl2F2O2. The number of rotatable bonds is 6. The highest BCUT2D eigenvalue weighted by molar-refractivity contribution is 6.33. The molecule has 1 rings (SSSR count). The molecule has 0 saturated carbocycles. The van der Waals surface area contributed by atoms with Crippen LogP contribution in [0.2, 0.25) is 5.02 Å². The summed E-state index contributed by atoms with van der Waals surface area (Å²) in [6.45, 7) is 4.41. The molecule has 0 N–H and O–H groups in total. The summed E-state index contributed by atoms with van der Waals surface area (Å²) in [5, 5.41) is -1.32. The average molecular weight is 299 g/mol. The number of halogens is 4. The first kappa shape index (κ1) is 15.3.